The largest absolute Gasteiger partial charge is 0.497 e. The van der Waals surface area contributed by atoms with Gasteiger partial charge in [0.15, 0.2) is 0 Å². The molecule has 1 saturated heterocycles. The summed E-state index contributed by atoms with van der Waals surface area (Å²) in [6, 6.07) is 5.01. The van der Waals surface area contributed by atoms with Gasteiger partial charge in [-0.1, -0.05) is 0 Å². The van der Waals surface area contributed by atoms with Crippen molar-refractivity contribution in [2.24, 2.45) is 0 Å². The topological polar surface area (TPSA) is 80.3 Å². The molecule has 2 amide bonds. The van der Waals surface area contributed by atoms with Gasteiger partial charge in [-0.3, -0.25) is 14.5 Å². The molecule has 1 aromatic carbocycles. The van der Waals surface area contributed by atoms with Gasteiger partial charge in [0.2, 0.25) is 5.91 Å². The van der Waals surface area contributed by atoms with E-state index in [1.54, 1.807) is 30.0 Å². The summed E-state index contributed by atoms with van der Waals surface area (Å²) in [4.78, 5) is 28.3. The van der Waals surface area contributed by atoms with E-state index in [0.717, 1.165) is 32.8 Å². The van der Waals surface area contributed by atoms with E-state index in [-0.39, 0.29) is 11.8 Å². The highest BCUT2D eigenvalue weighted by molar-refractivity contribution is 5.95. The molecular formula is C19H29N3O5. The molecule has 27 heavy (non-hydrogen) atoms. The van der Waals surface area contributed by atoms with E-state index in [1.165, 1.54) is 14.2 Å². The van der Waals surface area contributed by atoms with Crippen molar-refractivity contribution in [1.82, 2.24) is 15.1 Å². The summed E-state index contributed by atoms with van der Waals surface area (Å²) in [5.41, 5.74) is 0.453. The Balaban J connectivity index is 1.83. The molecule has 0 aromatic heterocycles. The minimum absolute atomic E-state index is 0.000517. The summed E-state index contributed by atoms with van der Waals surface area (Å²) in [5.74, 6) is 0.871. The Morgan fingerprint density at radius 3 is 2.30 bits per heavy atom. The van der Waals surface area contributed by atoms with E-state index in [2.05, 4.69) is 10.2 Å². The van der Waals surface area contributed by atoms with Crippen LogP contribution in [-0.4, -0.2) is 88.3 Å². The molecule has 0 atom stereocenters. The second kappa shape index (κ2) is 10.7. The van der Waals surface area contributed by atoms with Crippen LogP contribution in [0.25, 0.3) is 0 Å². The summed E-state index contributed by atoms with van der Waals surface area (Å²) in [6.07, 6.45) is 0. The Labute approximate surface area is 160 Å². The smallest absolute Gasteiger partial charge is 0.251 e. The molecule has 1 fully saturated rings. The number of morpholine rings is 1. The highest BCUT2D eigenvalue weighted by Crippen LogP contribution is 2.22. The van der Waals surface area contributed by atoms with Crippen LogP contribution in [0.2, 0.25) is 0 Å². The summed E-state index contributed by atoms with van der Waals surface area (Å²) >= 11 is 0. The lowest BCUT2D eigenvalue weighted by Gasteiger charge is -2.29. The first-order valence-electron chi connectivity index (χ1n) is 9.10. The van der Waals surface area contributed by atoms with Gasteiger partial charge < -0.3 is 24.4 Å². The Morgan fingerprint density at radius 1 is 1.11 bits per heavy atom. The Kier molecular flexibility index (Phi) is 8.35. The van der Waals surface area contributed by atoms with Gasteiger partial charge in [-0.15, -0.1) is 0 Å². The van der Waals surface area contributed by atoms with E-state index in [1.807, 2.05) is 0 Å². The Bertz CT molecular complexity index is 610. The van der Waals surface area contributed by atoms with E-state index < -0.39 is 0 Å². The molecule has 0 unspecified atom stereocenters. The van der Waals surface area contributed by atoms with E-state index >= 15 is 0 Å². The lowest BCUT2D eigenvalue weighted by atomic mass is 10.2. The van der Waals surface area contributed by atoms with Crippen LogP contribution in [0.15, 0.2) is 18.2 Å². The maximum Gasteiger partial charge on any atom is 0.251 e. The van der Waals surface area contributed by atoms with Gasteiger partial charge in [0.1, 0.15) is 11.5 Å². The third kappa shape index (κ3) is 6.73. The van der Waals surface area contributed by atoms with Crippen molar-refractivity contribution in [3.05, 3.63) is 23.8 Å². The van der Waals surface area contributed by atoms with Crippen LogP contribution in [0, 0.1) is 0 Å². The van der Waals surface area contributed by atoms with Crippen LogP contribution in [0.4, 0.5) is 0 Å². The van der Waals surface area contributed by atoms with Crippen LogP contribution in [0.3, 0.4) is 0 Å². The number of benzene rings is 1. The van der Waals surface area contributed by atoms with Crippen molar-refractivity contribution < 1.29 is 23.8 Å². The van der Waals surface area contributed by atoms with Crippen molar-refractivity contribution in [1.29, 1.82) is 0 Å². The van der Waals surface area contributed by atoms with Crippen LogP contribution in [0.1, 0.15) is 17.3 Å². The number of carbonyl (C=O) groups excluding carboxylic acids is 2. The normalized spacial score (nSPS) is 14.5. The predicted octanol–water partition coefficient (Wildman–Crippen LogP) is 0.614. The molecule has 0 radical (unpaired) electrons. The molecule has 150 valence electrons. The minimum Gasteiger partial charge on any atom is -0.497 e. The number of carbonyl (C=O) groups is 2. The van der Waals surface area contributed by atoms with Gasteiger partial charge in [-0.25, -0.2) is 0 Å². The molecule has 0 spiro atoms. The summed E-state index contributed by atoms with van der Waals surface area (Å²) in [6.45, 7) is 7.09. The van der Waals surface area contributed by atoms with Crippen molar-refractivity contribution >= 4 is 11.8 Å². The number of methoxy groups -OCH3 is 2. The first kappa shape index (κ1) is 21.0. The zero-order valence-corrected chi connectivity index (χ0v) is 16.3. The van der Waals surface area contributed by atoms with E-state index in [9.17, 15) is 9.59 Å². The lowest BCUT2D eigenvalue weighted by molar-refractivity contribution is -0.129. The SMILES string of the molecule is COc1cc(OC)cc(C(=O)NCCN(CCN2CCOCC2)C(C)=O)c1. The van der Waals surface area contributed by atoms with Gasteiger partial charge in [0.25, 0.3) is 5.91 Å². The summed E-state index contributed by atoms with van der Waals surface area (Å²) in [7, 11) is 3.07. The van der Waals surface area contributed by atoms with Gasteiger partial charge >= 0.3 is 0 Å². The van der Waals surface area contributed by atoms with Crippen molar-refractivity contribution in [2.75, 3.05) is 66.7 Å². The molecule has 8 heteroatoms. The van der Waals surface area contributed by atoms with E-state index in [4.69, 9.17) is 14.2 Å². The third-order valence-electron chi connectivity index (χ3n) is 4.52. The van der Waals surface area contributed by atoms with Gasteiger partial charge in [-0.2, -0.15) is 0 Å². The predicted molar refractivity (Wildman–Crippen MR) is 101 cm³/mol. The Hall–Kier alpha value is -2.32. The van der Waals surface area contributed by atoms with Crippen molar-refractivity contribution in [3.63, 3.8) is 0 Å². The lowest BCUT2D eigenvalue weighted by Crippen LogP contribution is -2.44. The molecule has 1 aliphatic heterocycles. The fourth-order valence-corrected chi connectivity index (χ4v) is 2.86. The van der Waals surface area contributed by atoms with Crippen molar-refractivity contribution in [3.8, 4) is 11.5 Å². The average molecular weight is 379 g/mol. The summed E-state index contributed by atoms with van der Waals surface area (Å²) < 4.78 is 15.7. The number of rotatable bonds is 9. The highest BCUT2D eigenvalue weighted by Gasteiger charge is 2.15. The van der Waals surface area contributed by atoms with Crippen LogP contribution in [0.5, 0.6) is 11.5 Å². The maximum atomic E-state index is 12.4. The quantitative estimate of drug-likeness (QED) is 0.677. The molecule has 1 aromatic rings. The van der Waals surface area contributed by atoms with Crippen LogP contribution >= 0.6 is 0 Å². The number of hydrogen-bond acceptors (Lipinski definition) is 6. The fourth-order valence-electron chi connectivity index (χ4n) is 2.86. The first-order chi connectivity index (χ1) is 13.0. The second-order valence-electron chi connectivity index (χ2n) is 6.32. The van der Waals surface area contributed by atoms with Crippen LogP contribution in [-0.2, 0) is 9.53 Å². The van der Waals surface area contributed by atoms with Gasteiger partial charge in [0.05, 0.1) is 27.4 Å². The zero-order valence-electron chi connectivity index (χ0n) is 16.3. The number of ether oxygens (including phenoxy) is 3. The highest BCUT2D eigenvalue weighted by atomic mass is 16.5. The average Bonchev–Trinajstić information content (AvgIpc) is 2.70. The molecule has 1 N–H and O–H groups in total. The number of hydrogen-bond donors (Lipinski definition) is 1. The molecule has 0 aliphatic carbocycles. The zero-order chi connectivity index (χ0) is 19.6. The second-order valence-corrected chi connectivity index (χ2v) is 6.32. The van der Waals surface area contributed by atoms with Gasteiger partial charge in [-0.05, 0) is 12.1 Å². The molecule has 8 nitrogen and oxygen atoms in total. The van der Waals surface area contributed by atoms with Gasteiger partial charge in [0, 0.05) is 57.8 Å². The molecular weight excluding hydrogens is 350 g/mol. The van der Waals surface area contributed by atoms with Crippen LogP contribution < -0.4 is 14.8 Å². The third-order valence-corrected chi connectivity index (χ3v) is 4.52. The molecule has 1 aliphatic rings. The summed E-state index contributed by atoms with van der Waals surface area (Å²) in [5, 5.41) is 2.85. The molecule has 0 saturated carbocycles. The maximum absolute atomic E-state index is 12.4. The molecule has 1 heterocycles. The first-order valence-corrected chi connectivity index (χ1v) is 9.10. The number of nitrogens with zero attached hydrogens (tertiary/aromatic N) is 2. The molecule has 2 rings (SSSR count). The van der Waals surface area contributed by atoms with E-state index in [0.29, 0.717) is 36.7 Å². The number of nitrogens with one attached hydrogen (secondary N) is 1. The molecule has 0 bridgehead atoms. The minimum atomic E-state index is -0.233. The Morgan fingerprint density at radius 2 is 1.74 bits per heavy atom. The standard InChI is InChI=1S/C19H29N3O5/c1-15(23)22(7-6-21-8-10-27-11-9-21)5-4-20-19(24)16-12-17(25-2)14-18(13-16)26-3/h12-14H,4-11H2,1-3H3,(H,20,24). The monoisotopic (exact) mass is 379 g/mol. The number of amides is 2. The fraction of sp³-hybridized carbons (Fsp3) is 0.579. The van der Waals surface area contributed by atoms with Crippen molar-refractivity contribution in [2.45, 2.75) is 6.92 Å².